The van der Waals surface area contributed by atoms with E-state index in [0.717, 1.165) is 17.7 Å². The number of non-ortho nitro benzene ring substituents is 1. The van der Waals surface area contributed by atoms with Crippen molar-refractivity contribution in [3.05, 3.63) is 93.5 Å². The maximum atomic E-state index is 12.7. The van der Waals surface area contributed by atoms with Gasteiger partial charge in [-0.2, -0.15) is 0 Å². The molecule has 0 saturated heterocycles. The number of carbonyl (C=O) groups excluding carboxylic acids is 1. The van der Waals surface area contributed by atoms with Crippen LogP contribution in [0.4, 0.5) is 11.4 Å². The number of aliphatic imine (C=N–C) groups is 1. The zero-order valence-corrected chi connectivity index (χ0v) is 18.4. The van der Waals surface area contributed by atoms with Crippen LogP contribution in [0.25, 0.3) is 0 Å². The topological polar surface area (TPSA) is 119 Å². The van der Waals surface area contributed by atoms with E-state index in [1.54, 1.807) is 30.5 Å². The van der Waals surface area contributed by atoms with Gasteiger partial charge < -0.3 is 0 Å². The van der Waals surface area contributed by atoms with Crippen molar-refractivity contribution in [3.8, 4) is 0 Å². The van der Waals surface area contributed by atoms with Crippen LogP contribution >= 0.6 is 11.6 Å². The van der Waals surface area contributed by atoms with E-state index in [4.69, 9.17) is 11.6 Å². The van der Waals surface area contributed by atoms with Gasteiger partial charge in [-0.3, -0.25) is 0 Å². The standard InChI is InChI=1S/C21H16ClN3O5Se/c22-16-3-1-15(2-4-16)13-23-14-21(26)24-17-5-9-19(10-6-17)31(29,30)20-11-7-18(8-12-20)25(27)28/h1-13H,14H2,(H,24,26). The van der Waals surface area contributed by atoms with Gasteiger partial charge in [0.05, 0.1) is 0 Å². The number of carbonyl (C=O) groups is 1. The molecule has 8 nitrogen and oxygen atoms in total. The summed E-state index contributed by atoms with van der Waals surface area (Å²) in [7, 11) is 0. The van der Waals surface area contributed by atoms with E-state index in [9.17, 15) is 22.6 Å². The molecule has 31 heavy (non-hydrogen) atoms. The fourth-order valence-electron chi connectivity index (χ4n) is 2.58. The summed E-state index contributed by atoms with van der Waals surface area (Å²) in [6, 6.07) is 17.4. The summed E-state index contributed by atoms with van der Waals surface area (Å²) in [6.45, 7) is -0.101. The summed E-state index contributed by atoms with van der Waals surface area (Å²) in [4.78, 5) is 26.2. The number of nitrogens with one attached hydrogen (secondary N) is 1. The van der Waals surface area contributed by atoms with Crippen LogP contribution in [0.5, 0.6) is 0 Å². The molecule has 0 bridgehead atoms. The van der Waals surface area contributed by atoms with E-state index >= 15 is 0 Å². The second-order valence-corrected chi connectivity index (χ2v) is 10.9. The Morgan fingerprint density at radius 1 is 0.968 bits per heavy atom. The minimum absolute atomic E-state index is 0.00942. The van der Waals surface area contributed by atoms with Gasteiger partial charge in [-0.25, -0.2) is 0 Å². The molecule has 0 aliphatic rings. The van der Waals surface area contributed by atoms with Crippen LogP contribution in [0.15, 0.2) is 77.8 Å². The summed E-state index contributed by atoms with van der Waals surface area (Å²) in [6.07, 6.45) is 1.55. The third-order valence-electron chi connectivity index (χ3n) is 4.15. The van der Waals surface area contributed by atoms with E-state index in [-0.39, 0.29) is 27.1 Å². The Balaban J connectivity index is 1.63. The van der Waals surface area contributed by atoms with Gasteiger partial charge >= 0.3 is 168 Å². The molecule has 1 amide bonds. The molecular formula is C21H16ClN3O5Se. The van der Waals surface area contributed by atoms with Crippen LogP contribution in [0.3, 0.4) is 0 Å². The van der Waals surface area contributed by atoms with Crippen molar-refractivity contribution in [2.24, 2.45) is 4.99 Å². The van der Waals surface area contributed by atoms with Crippen molar-refractivity contribution < 1.29 is 17.4 Å². The number of halogens is 1. The quantitative estimate of drug-likeness (QED) is 0.230. The molecular weight excluding hydrogens is 489 g/mol. The Labute approximate surface area is 184 Å². The van der Waals surface area contributed by atoms with Crippen LogP contribution in [-0.2, 0) is 12.5 Å². The van der Waals surface area contributed by atoms with Crippen LogP contribution in [0, 0.1) is 10.1 Å². The first-order valence-corrected chi connectivity index (χ1v) is 12.4. The average Bonchev–Trinajstić information content (AvgIpc) is 2.75. The number of benzene rings is 3. The van der Waals surface area contributed by atoms with Crippen molar-refractivity contribution in [1.29, 1.82) is 0 Å². The maximum absolute atomic E-state index is 12.7. The number of nitrogens with zero attached hydrogens (tertiary/aromatic N) is 2. The average molecular weight is 505 g/mol. The van der Waals surface area contributed by atoms with Crippen molar-refractivity contribution in [2.45, 2.75) is 0 Å². The monoisotopic (exact) mass is 505 g/mol. The van der Waals surface area contributed by atoms with Crippen LogP contribution < -0.4 is 14.2 Å². The molecule has 3 aromatic rings. The first-order chi connectivity index (χ1) is 14.8. The van der Waals surface area contributed by atoms with Gasteiger partial charge in [-0.15, -0.1) is 0 Å². The molecule has 3 aromatic carbocycles. The number of hydrogen-bond donors (Lipinski definition) is 1. The van der Waals surface area contributed by atoms with Crippen LogP contribution in [0.1, 0.15) is 5.56 Å². The van der Waals surface area contributed by atoms with Crippen molar-refractivity contribution in [3.63, 3.8) is 0 Å². The summed E-state index contributed by atoms with van der Waals surface area (Å²) in [5.74, 6) is -0.359. The molecule has 0 unspecified atom stereocenters. The molecule has 0 aliphatic heterocycles. The van der Waals surface area contributed by atoms with E-state index in [2.05, 4.69) is 10.3 Å². The molecule has 0 radical (unpaired) electrons. The first kappa shape index (κ1) is 22.3. The van der Waals surface area contributed by atoms with Crippen LogP contribution in [-0.4, -0.2) is 36.3 Å². The number of anilines is 1. The van der Waals surface area contributed by atoms with Crippen LogP contribution in [0.2, 0.25) is 5.02 Å². The van der Waals surface area contributed by atoms with Crippen molar-refractivity contribution >= 4 is 56.7 Å². The Morgan fingerprint density at radius 2 is 1.52 bits per heavy atom. The van der Waals surface area contributed by atoms with Gasteiger partial charge in [0.25, 0.3) is 0 Å². The second kappa shape index (κ2) is 9.61. The fraction of sp³-hybridized carbons (Fsp3) is 0.0476. The summed E-state index contributed by atoms with van der Waals surface area (Å²) in [5.41, 5.74) is 1.04. The molecule has 0 aromatic heterocycles. The number of amides is 1. The Hall–Kier alpha value is -3.39. The predicted octanol–water partition coefficient (Wildman–Crippen LogP) is 2.72. The molecule has 10 heteroatoms. The number of hydrogen-bond acceptors (Lipinski definition) is 6. The van der Waals surface area contributed by atoms with Gasteiger partial charge in [0.1, 0.15) is 0 Å². The molecule has 0 fully saturated rings. The predicted molar refractivity (Wildman–Crippen MR) is 118 cm³/mol. The normalized spacial score (nSPS) is 11.4. The third-order valence-corrected chi connectivity index (χ3v) is 8.15. The zero-order valence-electron chi connectivity index (χ0n) is 15.9. The summed E-state index contributed by atoms with van der Waals surface area (Å²) < 4.78 is 25.6. The minimum atomic E-state index is -4.71. The molecule has 0 aliphatic carbocycles. The summed E-state index contributed by atoms with van der Waals surface area (Å²) in [5, 5.41) is 14.0. The number of nitro groups is 1. The van der Waals surface area contributed by atoms with Crippen molar-refractivity contribution in [2.75, 3.05) is 11.9 Å². The van der Waals surface area contributed by atoms with Gasteiger partial charge in [0.15, 0.2) is 0 Å². The third kappa shape index (κ3) is 5.82. The van der Waals surface area contributed by atoms with E-state index in [1.807, 2.05) is 0 Å². The van der Waals surface area contributed by atoms with Gasteiger partial charge in [-0.1, -0.05) is 11.6 Å². The van der Waals surface area contributed by atoms with E-state index in [0.29, 0.717) is 10.7 Å². The second-order valence-electron chi connectivity index (χ2n) is 6.35. The van der Waals surface area contributed by atoms with Crippen molar-refractivity contribution in [1.82, 2.24) is 0 Å². The van der Waals surface area contributed by atoms with Gasteiger partial charge in [-0.05, 0) is 0 Å². The summed E-state index contributed by atoms with van der Waals surface area (Å²) >= 11 is 1.09. The molecule has 3 rings (SSSR count). The molecule has 0 atom stereocenters. The molecule has 1 N–H and O–H groups in total. The molecule has 0 heterocycles. The SMILES string of the molecule is O=C(CN=Cc1ccc(Cl)cc1)Nc1ccc([Se](=O)(=O)c2ccc([N+](=O)[O-])cc2)cc1. The Kier molecular flexibility index (Phi) is 6.91. The Bertz CT molecular complexity index is 1220. The number of rotatable bonds is 7. The van der Waals surface area contributed by atoms with Gasteiger partial charge in [0, 0.05) is 5.02 Å². The van der Waals surface area contributed by atoms with Gasteiger partial charge in [0.2, 0.25) is 0 Å². The zero-order chi connectivity index (χ0) is 22.4. The molecule has 158 valence electrons. The van der Waals surface area contributed by atoms with E-state index < -0.39 is 17.6 Å². The number of nitro benzene ring substituents is 1. The Morgan fingerprint density at radius 3 is 2.06 bits per heavy atom. The first-order valence-electron chi connectivity index (χ1n) is 8.90. The molecule has 0 saturated carbocycles. The molecule has 0 spiro atoms. The fourth-order valence-corrected chi connectivity index (χ4v) is 5.36. The van der Waals surface area contributed by atoms with E-state index in [1.165, 1.54) is 36.4 Å².